The molecule has 1 aromatic heterocycles. The number of alkyl halides is 3. The number of nitrogens with zero attached hydrogens (tertiary/aromatic N) is 3. The molecule has 0 saturated carbocycles. The molecule has 0 spiro atoms. The van der Waals surface area contributed by atoms with Gasteiger partial charge in [-0.3, -0.25) is 19.8 Å². The quantitative estimate of drug-likeness (QED) is 0.0825. The zero-order valence-corrected chi connectivity index (χ0v) is 26.3. The van der Waals surface area contributed by atoms with Gasteiger partial charge in [-0.25, -0.2) is 4.39 Å². The van der Waals surface area contributed by atoms with Crippen LogP contribution in [0.2, 0.25) is 0 Å². The molecular weight excluding hydrogens is 638 g/mol. The van der Waals surface area contributed by atoms with Gasteiger partial charge in [0.1, 0.15) is 11.9 Å². The van der Waals surface area contributed by atoms with E-state index in [9.17, 15) is 37.6 Å². The van der Waals surface area contributed by atoms with E-state index in [0.29, 0.717) is 29.9 Å². The van der Waals surface area contributed by atoms with Crippen LogP contribution in [0.5, 0.6) is 11.5 Å². The molecular formula is C34H35F4N3O7. The van der Waals surface area contributed by atoms with Crippen molar-refractivity contribution >= 4 is 22.6 Å². The lowest BCUT2D eigenvalue weighted by Crippen LogP contribution is -2.53. The Morgan fingerprint density at radius 3 is 2.44 bits per heavy atom. The second-order valence-electron chi connectivity index (χ2n) is 11.6. The number of β-amino-alcohol motifs (C(OH)–C–C–N with tert-alkyl or cyclic N) is 1. The number of aromatic nitrogens is 1. The third-order valence-electron chi connectivity index (χ3n) is 8.45. The van der Waals surface area contributed by atoms with Crippen LogP contribution in [0.1, 0.15) is 36.5 Å². The minimum Gasteiger partial charge on any atom is -0.493 e. The SMILES string of the molecule is CCOC(=O)Cc1ccc(OC2CCN(CC(O)(c3cn(Cc4ccccc4F)c4cc([N+](=O)[O-])ccc34)C(F)(F)F)CC2)c(OC)c1. The van der Waals surface area contributed by atoms with E-state index in [4.69, 9.17) is 14.2 Å². The molecule has 0 aliphatic carbocycles. The molecule has 1 saturated heterocycles. The van der Waals surface area contributed by atoms with E-state index >= 15 is 0 Å². The van der Waals surface area contributed by atoms with Gasteiger partial charge in [-0.15, -0.1) is 0 Å². The molecule has 1 aliphatic heterocycles. The number of likely N-dealkylation sites (tertiary alicyclic amines) is 1. The predicted octanol–water partition coefficient (Wildman–Crippen LogP) is 6.14. The molecule has 0 amide bonds. The number of fused-ring (bicyclic) bond motifs is 1. The largest absolute Gasteiger partial charge is 0.493 e. The first-order valence-corrected chi connectivity index (χ1v) is 15.3. The Morgan fingerprint density at radius 2 is 1.79 bits per heavy atom. The number of aliphatic hydroxyl groups is 1. The van der Waals surface area contributed by atoms with Crippen LogP contribution in [0.15, 0.2) is 66.9 Å². The monoisotopic (exact) mass is 673 g/mol. The number of methoxy groups -OCH3 is 1. The van der Waals surface area contributed by atoms with Crippen LogP contribution in [-0.4, -0.2) is 71.1 Å². The van der Waals surface area contributed by atoms with E-state index in [0.717, 1.165) is 18.3 Å². The molecule has 1 atom stereocenters. The molecule has 3 aromatic carbocycles. The minimum atomic E-state index is -5.13. The van der Waals surface area contributed by atoms with Crippen molar-refractivity contribution in [3.05, 3.63) is 99.5 Å². The Bertz CT molecular complexity index is 1790. The van der Waals surface area contributed by atoms with Crippen LogP contribution in [0, 0.1) is 15.9 Å². The highest BCUT2D eigenvalue weighted by atomic mass is 19.4. The zero-order chi connectivity index (χ0) is 34.6. The van der Waals surface area contributed by atoms with Crippen molar-refractivity contribution in [3.8, 4) is 11.5 Å². The van der Waals surface area contributed by atoms with Gasteiger partial charge >= 0.3 is 12.1 Å². The standard InChI is InChI=1S/C34H35F4N3O7/c1-3-47-32(42)17-22-8-11-30(31(16-22)46-2)48-25-12-14-39(15-13-25)21-33(43,34(36,37)38)27-20-40(19-23-6-4-5-7-28(23)35)29-18-24(41(44)45)9-10-26(27)29/h4-11,16,18,20,25,43H,3,12-15,17,19,21H2,1-2H3. The number of carbonyl (C=O) groups excluding carboxylic acids is 1. The van der Waals surface area contributed by atoms with Crippen LogP contribution in [-0.2, 0) is 28.1 Å². The fourth-order valence-electron chi connectivity index (χ4n) is 5.98. The fraction of sp³-hybridized carbons (Fsp3) is 0.382. The molecule has 1 unspecified atom stereocenters. The van der Waals surface area contributed by atoms with Crippen molar-refractivity contribution in [2.45, 2.75) is 50.6 Å². The number of non-ortho nitro benzene ring substituents is 1. The Balaban J connectivity index is 1.36. The number of nitro benzene ring substituents is 1. The van der Waals surface area contributed by atoms with Crippen LogP contribution < -0.4 is 9.47 Å². The molecule has 0 radical (unpaired) electrons. The number of carbonyl (C=O) groups is 1. The minimum absolute atomic E-state index is 0.0338. The number of ether oxygens (including phenoxy) is 3. The average Bonchev–Trinajstić information content (AvgIpc) is 3.41. The molecule has 10 nitrogen and oxygen atoms in total. The fourth-order valence-corrected chi connectivity index (χ4v) is 5.98. The summed E-state index contributed by atoms with van der Waals surface area (Å²) >= 11 is 0. The molecule has 14 heteroatoms. The van der Waals surface area contributed by atoms with Gasteiger partial charge in [0.05, 0.1) is 37.1 Å². The number of esters is 1. The maximum atomic E-state index is 14.9. The Labute approximate surface area is 273 Å². The van der Waals surface area contributed by atoms with Gasteiger partial charge in [0.25, 0.3) is 5.69 Å². The van der Waals surface area contributed by atoms with Gasteiger partial charge in [-0.2, -0.15) is 13.2 Å². The Morgan fingerprint density at radius 1 is 1.06 bits per heavy atom. The van der Waals surface area contributed by atoms with Crippen LogP contribution in [0.4, 0.5) is 23.2 Å². The highest BCUT2D eigenvalue weighted by molar-refractivity contribution is 5.87. The maximum Gasteiger partial charge on any atom is 0.422 e. The van der Waals surface area contributed by atoms with E-state index in [2.05, 4.69) is 0 Å². The molecule has 1 N–H and O–H groups in total. The van der Waals surface area contributed by atoms with Crippen molar-refractivity contribution in [2.24, 2.45) is 0 Å². The second kappa shape index (κ2) is 14.2. The van der Waals surface area contributed by atoms with Gasteiger partial charge in [-0.1, -0.05) is 24.3 Å². The molecule has 4 aromatic rings. The van der Waals surface area contributed by atoms with Gasteiger partial charge in [0.15, 0.2) is 11.5 Å². The molecule has 0 bridgehead atoms. The van der Waals surface area contributed by atoms with Crippen molar-refractivity contribution in [1.29, 1.82) is 0 Å². The number of halogens is 4. The third-order valence-corrected chi connectivity index (χ3v) is 8.45. The summed E-state index contributed by atoms with van der Waals surface area (Å²) in [6.07, 6.45) is -3.62. The highest BCUT2D eigenvalue weighted by Crippen LogP contribution is 2.44. The second-order valence-corrected chi connectivity index (χ2v) is 11.6. The number of benzene rings is 3. The normalized spacial score (nSPS) is 15.6. The molecule has 1 aliphatic rings. The van der Waals surface area contributed by atoms with Crippen molar-refractivity contribution in [2.75, 3.05) is 33.4 Å². The maximum absolute atomic E-state index is 14.9. The van der Waals surface area contributed by atoms with Gasteiger partial charge in [-0.05, 0) is 49.6 Å². The van der Waals surface area contributed by atoms with Crippen molar-refractivity contribution in [3.63, 3.8) is 0 Å². The van der Waals surface area contributed by atoms with Crippen LogP contribution >= 0.6 is 0 Å². The third kappa shape index (κ3) is 7.39. The van der Waals surface area contributed by atoms with Crippen LogP contribution in [0.25, 0.3) is 10.9 Å². The first-order valence-electron chi connectivity index (χ1n) is 15.3. The lowest BCUT2D eigenvalue weighted by molar-refractivity contribution is -0.384. The molecule has 2 heterocycles. The summed E-state index contributed by atoms with van der Waals surface area (Å²) in [5.41, 5.74) is -3.31. The van der Waals surface area contributed by atoms with Gasteiger partial charge in [0, 0.05) is 54.5 Å². The summed E-state index contributed by atoms with van der Waals surface area (Å²) in [4.78, 5) is 24.2. The first-order chi connectivity index (χ1) is 22.8. The zero-order valence-electron chi connectivity index (χ0n) is 26.3. The molecule has 48 heavy (non-hydrogen) atoms. The number of hydrogen-bond acceptors (Lipinski definition) is 8. The summed E-state index contributed by atoms with van der Waals surface area (Å²) in [6, 6.07) is 14.2. The summed E-state index contributed by atoms with van der Waals surface area (Å²) in [7, 11) is 1.46. The van der Waals surface area contributed by atoms with Crippen molar-refractivity contribution in [1.82, 2.24) is 9.47 Å². The molecule has 1 fully saturated rings. The van der Waals surface area contributed by atoms with Crippen LogP contribution in [0.3, 0.4) is 0 Å². The van der Waals surface area contributed by atoms with Gasteiger partial charge < -0.3 is 23.9 Å². The number of piperidine rings is 1. The number of nitro groups is 1. The Kier molecular flexibility index (Phi) is 10.2. The van der Waals surface area contributed by atoms with E-state index in [1.54, 1.807) is 31.2 Å². The first kappa shape index (κ1) is 34.6. The van der Waals surface area contributed by atoms with E-state index in [-0.39, 0.29) is 66.9 Å². The smallest absolute Gasteiger partial charge is 0.422 e. The number of rotatable bonds is 12. The topological polar surface area (TPSA) is 116 Å². The van der Waals surface area contributed by atoms with Crippen molar-refractivity contribution < 1.29 is 46.6 Å². The van der Waals surface area contributed by atoms with E-state index in [1.165, 1.54) is 40.8 Å². The molecule has 256 valence electrons. The highest BCUT2D eigenvalue weighted by Gasteiger charge is 2.57. The van der Waals surface area contributed by atoms with Gasteiger partial charge in [0.2, 0.25) is 5.60 Å². The van der Waals surface area contributed by atoms with E-state index < -0.39 is 34.6 Å². The Hall–Kier alpha value is -4.69. The lowest BCUT2D eigenvalue weighted by Gasteiger charge is -2.39. The summed E-state index contributed by atoms with van der Waals surface area (Å²) in [6.45, 7) is 1.31. The summed E-state index contributed by atoms with van der Waals surface area (Å²) in [5.74, 6) is -0.145. The summed E-state index contributed by atoms with van der Waals surface area (Å²) < 4.78 is 77.0. The average molecular weight is 674 g/mol. The van der Waals surface area contributed by atoms with E-state index in [1.807, 2.05) is 0 Å². The predicted molar refractivity (Wildman–Crippen MR) is 167 cm³/mol. The summed E-state index contributed by atoms with van der Waals surface area (Å²) in [5, 5.41) is 23.0. The molecule has 5 rings (SSSR count). The number of hydrogen-bond donors (Lipinski definition) is 1. The lowest BCUT2D eigenvalue weighted by atomic mass is 9.91.